The fourth-order valence-electron chi connectivity index (χ4n) is 1.13. The molecule has 2 rings (SSSR count). The van der Waals surface area contributed by atoms with Gasteiger partial charge >= 0.3 is 0 Å². The average molecular weight is 182 g/mol. The largest absolute Gasteiger partial charge is 0.463 e. The molecule has 0 aliphatic carbocycles. The van der Waals surface area contributed by atoms with Crippen LogP contribution in [0.2, 0.25) is 0 Å². The Kier molecular flexibility index (Phi) is 1.78. The molecule has 0 aromatic carbocycles. The average Bonchev–Trinajstić information content (AvgIpc) is 2.58. The monoisotopic (exact) mass is 182 g/mol. The minimum Gasteiger partial charge on any atom is -0.463 e. The van der Waals surface area contributed by atoms with Crippen LogP contribution in [0.5, 0.6) is 0 Å². The van der Waals surface area contributed by atoms with Crippen molar-refractivity contribution in [3.63, 3.8) is 0 Å². The molecule has 3 nitrogen and oxygen atoms in total. The molecule has 12 heavy (non-hydrogen) atoms. The molecule has 0 radical (unpaired) electrons. The van der Waals surface area contributed by atoms with E-state index in [1.54, 1.807) is 17.6 Å². The first-order valence-corrected chi connectivity index (χ1v) is 4.56. The van der Waals surface area contributed by atoms with Crippen molar-refractivity contribution in [2.24, 2.45) is 5.73 Å². The molecule has 1 aromatic rings. The number of hydrogen-bond donors (Lipinski definition) is 1. The van der Waals surface area contributed by atoms with E-state index in [0.29, 0.717) is 0 Å². The molecule has 2 heterocycles. The van der Waals surface area contributed by atoms with Gasteiger partial charge in [0.05, 0.1) is 5.69 Å². The summed E-state index contributed by atoms with van der Waals surface area (Å²) in [5.41, 5.74) is 6.76. The number of hydrogen-bond acceptors (Lipinski definition) is 4. The number of nitrogens with zero attached hydrogens (tertiary/aromatic N) is 1. The maximum Gasteiger partial charge on any atom is 0.230 e. The summed E-state index contributed by atoms with van der Waals surface area (Å²) in [5, 5.41) is 2.06. The van der Waals surface area contributed by atoms with Crippen LogP contribution in [0.3, 0.4) is 0 Å². The Labute approximate surface area is 75.0 Å². The first kappa shape index (κ1) is 7.64. The van der Waals surface area contributed by atoms with Crippen LogP contribution in [0.4, 0.5) is 5.69 Å². The first-order valence-electron chi connectivity index (χ1n) is 3.68. The molecule has 0 saturated heterocycles. The maximum absolute atomic E-state index is 5.67. The van der Waals surface area contributed by atoms with Gasteiger partial charge in [-0.25, -0.2) is 0 Å². The molecule has 1 aliphatic rings. The summed E-state index contributed by atoms with van der Waals surface area (Å²) in [6.45, 7) is 2.07. The van der Waals surface area contributed by atoms with Crippen molar-refractivity contribution < 1.29 is 4.74 Å². The van der Waals surface area contributed by atoms with Crippen LogP contribution in [0, 0.1) is 6.92 Å². The second kappa shape index (κ2) is 2.80. The third-order valence-electron chi connectivity index (χ3n) is 1.73. The molecule has 4 heteroatoms. The van der Waals surface area contributed by atoms with Crippen molar-refractivity contribution in [2.75, 3.05) is 4.90 Å². The fraction of sp³-hybridized carbons (Fsp3) is 0.250. The van der Waals surface area contributed by atoms with Gasteiger partial charge in [0.25, 0.3) is 0 Å². The number of anilines is 1. The third kappa shape index (κ3) is 1.19. The Bertz CT molecular complexity index is 308. The lowest BCUT2D eigenvalue weighted by Gasteiger charge is -2.18. The second-order valence-electron chi connectivity index (χ2n) is 2.63. The highest BCUT2D eigenvalue weighted by Crippen LogP contribution is 2.25. The van der Waals surface area contributed by atoms with E-state index >= 15 is 0 Å². The van der Waals surface area contributed by atoms with Gasteiger partial charge in [-0.05, 0) is 13.0 Å². The van der Waals surface area contributed by atoms with Gasteiger partial charge in [-0.2, -0.15) is 0 Å². The molecule has 0 saturated carbocycles. The van der Waals surface area contributed by atoms with Gasteiger partial charge in [0.15, 0.2) is 0 Å². The Morgan fingerprint density at radius 1 is 1.67 bits per heavy atom. The van der Waals surface area contributed by atoms with Gasteiger partial charge < -0.3 is 4.74 Å². The summed E-state index contributed by atoms with van der Waals surface area (Å²) in [6, 6.07) is 2.09. The van der Waals surface area contributed by atoms with Gasteiger partial charge in [-0.1, -0.05) is 0 Å². The smallest absolute Gasteiger partial charge is 0.230 e. The molecule has 0 spiro atoms. The van der Waals surface area contributed by atoms with Crippen LogP contribution < -0.4 is 10.6 Å². The molecule has 0 amide bonds. The van der Waals surface area contributed by atoms with Crippen molar-refractivity contribution in [1.82, 2.24) is 0 Å². The minimum absolute atomic E-state index is 0.362. The van der Waals surface area contributed by atoms with E-state index in [9.17, 15) is 0 Å². The molecule has 0 bridgehead atoms. The highest BCUT2D eigenvalue weighted by Gasteiger charge is 2.17. The van der Waals surface area contributed by atoms with E-state index in [0.717, 1.165) is 5.69 Å². The van der Waals surface area contributed by atoms with E-state index in [2.05, 4.69) is 18.4 Å². The molecule has 1 aromatic heterocycles. The highest BCUT2D eigenvalue weighted by molar-refractivity contribution is 7.10. The van der Waals surface area contributed by atoms with E-state index in [-0.39, 0.29) is 6.35 Å². The minimum atomic E-state index is -0.362. The third-order valence-corrected chi connectivity index (χ3v) is 2.58. The summed E-state index contributed by atoms with van der Waals surface area (Å²) in [7, 11) is 0. The summed E-state index contributed by atoms with van der Waals surface area (Å²) in [4.78, 5) is 3.17. The second-order valence-corrected chi connectivity index (χ2v) is 3.75. The van der Waals surface area contributed by atoms with Crippen molar-refractivity contribution in [3.05, 3.63) is 28.8 Å². The molecular formula is C8H10N2OS. The maximum atomic E-state index is 5.67. The molecule has 1 atom stereocenters. The first-order chi connectivity index (χ1) is 5.77. The normalized spacial score (nSPS) is 21.5. The van der Waals surface area contributed by atoms with E-state index in [1.807, 2.05) is 11.1 Å². The van der Waals surface area contributed by atoms with Crippen molar-refractivity contribution in [3.8, 4) is 0 Å². The van der Waals surface area contributed by atoms with E-state index in [1.165, 1.54) is 4.88 Å². The summed E-state index contributed by atoms with van der Waals surface area (Å²) in [5.74, 6) is 0. The van der Waals surface area contributed by atoms with Crippen LogP contribution in [0.15, 0.2) is 23.9 Å². The summed E-state index contributed by atoms with van der Waals surface area (Å²) >= 11 is 1.71. The predicted octanol–water partition coefficient (Wildman–Crippen LogP) is 1.61. The van der Waals surface area contributed by atoms with Crippen molar-refractivity contribution in [1.29, 1.82) is 0 Å². The van der Waals surface area contributed by atoms with Crippen molar-refractivity contribution in [2.45, 2.75) is 13.3 Å². The quantitative estimate of drug-likeness (QED) is 0.717. The van der Waals surface area contributed by atoms with Crippen molar-refractivity contribution >= 4 is 17.0 Å². The van der Waals surface area contributed by atoms with Gasteiger partial charge in [-0.15, -0.1) is 11.3 Å². The Hall–Kier alpha value is -1.00. The van der Waals surface area contributed by atoms with Crippen LogP contribution >= 0.6 is 11.3 Å². The molecule has 1 aliphatic heterocycles. The SMILES string of the molecule is Cc1cc(N2C=COC2N)cs1. The molecule has 1 unspecified atom stereocenters. The number of thiophene rings is 1. The zero-order valence-corrected chi connectivity index (χ0v) is 7.54. The number of aryl methyl sites for hydroxylation is 1. The molecule has 2 N–H and O–H groups in total. The predicted molar refractivity (Wildman–Crippen MR) is 49.7 cm³/mol. The number of nitrogens with two attached hydrogens (primary N) is 1. The summed E-state index contributed by atoms with van der Waals surface area (Å²) in [6.07, 6.45) is 3.09. The van der Waals surface area contributed by atoms with E-state index < -0.39 is 0 Å². The topological polar surface area (TPSA) is 38.5 Å². The number of rotatable bonds is 1. The number of ether oxygens (including phenoxy) is 1. The Balaban J connectivity index is 2.24. The fourth-order valence-corrected chi connectivity index (χ4v) is 1.81. The van der Waals surface area contributed by atoms with Gasteiger partial charge in [0.2, 0.25) is 6.35 Å². The van der Waals surface area contributed by atoms with Crippen LogP contribution in [-0.4, -0.2) is 6.35 Å². The zero-order chi connectivity index (χ0) is 8.55. The van der Waals surface area contributed by atoms with Crippen LogP contribution in [0.25, 0.3) is 0 Å². The molecule has 64 valence electrons. The lowest BCUT2D eigenvalue weighted by molar-refractivity contribution is 0.178. The molecular weight excluding hydrogens is 172 g/mol. The molecule has 0 fully saturated rings. The summed E-state index contributed by atoms with van der Waals surface area (Å²) < 4.78 is 5.06. The van der Waals surface area contributed by atoms with Gasteiger partial charge in [0, 0.05) is 16.5 Å². The van der Waals surface area contributed by atoms with Crippen LogP contribution in [0.1, 0.15) is 4.88 Å². The van der Waals surface area contributed by atoms with Crippen LogP contribution in [-0.2, 0) is 4.74 Å². The van der Waals surface area contributed by atoms with Gasteiger partial charge in [-0.3, -0.25) is 10.6 Å². The Morgan fingerprint density at radius 3 is 3.00 bits per heavy atom. The van der Waals surface area contributed by atoms with Gasteiger partial charge in [0.1, 0.15) is 6.26 Å². The highest BCUT2D eigenvalue weighted by atomic mass is 32.1. The zero-order valence-electron chi connectivity index (χ0n) is 6.73. The lowest BCUT2D eigenvalue weighted by Crippen LogP contribution is -2.35. The Morgan fingerprint density at radius 2 is 2.50 bits per heavy atom. The van der Waals surface area contributed by atoms with E-state index in [4.69, 9.17) is 10.5 Å². The lowest BCUT2D eigenvalue weighted by atomic mass is 10.4. The standard InChI is InChI=1S/C8H10N2OS/c1-6-4-7(5-12-6)10-2-3-11-8(10)9/h2-5,8H,9H2,1H3.